The van der Waals surface area contributed by atoms with Crippen molar-refractivity contribution >= 4 is 22.7 Å². The lowest BCUT2D eigenvalue weighted by atomic mass is 10.1. The van der Waals surface area contributed by atoms with Crippen molar-refractivity contribution < 1.29 is 4.74 Å². The summed E-state index contributed by atoms with van der Waals surface area (Å²) in [5.41, 5.74) is 4.10. The maximum Gasteiger partial charge on any atom is 0.196 e. The van der Waals surface area contributed by atoms with E-state index in [9.17, 15) is 0 Å². The average Bonchev–Trinajstić information content (AvgIpc) is 3.27. The lowest BCUT2D eigenvalue weighted by Gasteiger charge is -2.11. The Balaban J connectivity index is 1.54. The van der Waals surface area contributed by atoms with Crippen LogP contribution in [0.3, 0.4) is 0 Å². The van der Waals surface area contributed by atoms with E-state index in [1.807, 2.05) is 48.7 Å². The van der Waals surface area contributed by atoms with Crippen LogP contribution in [-0.4, -0.2) is 31.8 Å². The maximum absolute atomic E-state index is 5.32. The zero-order chi connectivity index (χ0) is 21.0. The smallest absolute Gasteiger partial charge is 0.196 e. The second kappa shape index (κ2) is 8.57. The Hall–Kier alpha value is -3.71. The van der Waals surface area contributed by atoms with Crippen molar-refractivity contribution in [2.75, 3.05) is 7.11 Å². The summed E-state index contributed by atoms with van der Waals surface area (Å²) in [6, 6.07) is 22.1. The number of para-hydroxylation sites is 1. The highest BCUT2D eigenvalue weighted by molar-refractivity contribution is 7.98. The molecule has 5 aromatic rings. The van der Waals surface area contributed by atoms with E-state index in [0.29, 0.717) is 0 Å². The largest absolute Gasteiger partial charge is 0.497 e. The van der Waals surface area contributed by atoms with E-state index in [2.05, 4.69) is 49.0 Å². The molecule has 152 valence electrons. The van der Waals surface area contributed by atoms with Gasteiger partial charge in [0.1, 0.15) is 5.75 Å². The van der Waals surface area contributed by atoms with Gasteiger partial charge in [-0.05, 0) is 48.0 Å². The third-order valence-corrected chi connectivity index (χ3v) is 5.95. The lowest BCUT2D eigenvalue weighted by molar-refractivity contribution is 0.414. The molecule has 0 amide bonds. The van der Waals surface area contributed by atoms with Crippen LogP contribution in [0.15, 0.2) is 90.5 Å². The van der Waals surface area contributed by atoms with Crippen LogP contribution >= 0.6 is 11.8 Å². The minimum Gasteiger partial charge on any atom is -0.497 e. The fraction of sp³-hybridized carbons (Fsp3) is 0.0833. The second-order valence-corrected chi connectivity index (χ2v) is 7.80. The highest BCUT2D eigenvalue weighted by atomic mass is 32.2. The molecule has 0 bridgehead atoms. The highest BCUT2D eigenvalue weighted by Crippen LogP contribution is 2.31. The maximum atomic E-state index is 5.32. The van der Waals surface area contributed by atoms with Crippen molar-refractivity contribution in [2.24, 2.45) is 0 Å². The third kappa shape index (κ3) is 3.87. The van der Waals surface area contributed by atoms with Gasteiger partial charge in [-0.3, -0.25) is 14.5 Å². The fourth-order valence-corrected chi connectivity index (χ4v) is 4.38. The lowest BCUT2D eigenvalue weighted by Crippen LogP contribution is -2.00. The molecular weight excluding hydrogens is 406 g/mol. The summed E-state index contributed by atoms with van der Waals surface area (Å²) in [6.45, 7) is 0. The molecule has 0 saturated heterocycles. The Morgan fingerprint density at radius 2 is 1.68 bits per heavy atom. The van der Waals surface area contributed by atoms with E-state index in [4.69, 9.17) is 4.74 Å². The highest BCUT2D eigenvalue weighted by Gasteiger charge is 2.17. The number of thioether (sulfide) groups is 1. The molecule has 0 N–H and O–H groups in total. The third-order valence-electron chi connectivity index (χ3n) is 4.98. The summed E-state index contributed by atoms with van der Waals surface area (Å²) in [5, 5.41) is 11.0. The number of fused-ring (bicyclic) bond motifs is 1. The Bertz CT molecular complexity index is 1310. The number of hydrogen-bond acceptors (Lipinski definition) is 6. The summed E-state index contributed by atoms with van der Waals surface area (Å²) < 4.78 is 7.38. The van der Waals surface area contributed by atoms with Crippen molar-refractivity contribution in [3.8, 4) is 22.8 Å². The number of methoxy groups -OCH3 is 1. The van der Waals surface area contributed by atoms with Gasteiger partial charge in [0.15, 0.2) is 11.0 Å². The van der Waals surface area contributed by atoms with Gasteiger partial charge in [-0.2, -0.15) is 0 Å². The molecule has 0 aliphatic heterocycles. The zero-order valence-corrected chi connectivity index (χ0v) is 17.7. The number of rotatable bonds is 6. The number of hydrogen-bond donors (Lipinski definition) is 0. The first-order chi connectivity index (χ1) is 15.3. The molecule has 0 radical (unpaired) electrons. The molecule has 31 heavy (non-hydrogen) atoms. The zero-order valence-electron chi connectivity index (χ0n) is 16.8. The SMILES string of the molecule is COc1ccc(-n2c(SCc3cccc4cccnc34)nnc2-c2ccncc2)cc1. The summed E-state index contributed by atoms with van der Waals surface area (Å²) in [6.07, 6.45) is 5.35. The molecule has 6 nitrogen and oxygen atoms in total. The Morgan fingerprint density at radius 1 is 0.871 bits per heavy atom. The molecule has 0 fully saturated rings. The Morgan fingerprint density at radius 3 is 2.48 bits per heavy atom. The van der Waals surface area contributed by atoms with Gasteiger partial charge in [0.05, 0.1) is 12.6 Å². The Kier molecular flexibility index (Phi) is 5.33. The summed E-state index contributed by atoms with van der Waals surface area (Å²) in [5.74, 6) is 2.31. The van der Waals surface area contributed by atoms with Gasteiger partial charge in [0.2, 0.25) is 0 Å². The standard InChI is InChI=1S/C24H19N5OS/c1-30-21-9-7-20(8-10-21)29-23(18-11-14-25-15-12-18)27-28-24(29)31-16-19-5-2-4-17-6-3-13-26-22(17)19/h2-15H,16H2,1H3. The van der Waals surface area contributed by atoms with E-state index in [0.717, 1.165) is 50.2 Å². The van der Waals surface area contributed by atoms with Crippen LogP contribution in [0.5, 0.6) is 5.75 Å². The van der Waals surface area contributed by atoms with Crippen molar-refractivity contribution in [1.82, 2.24) is 24.7 Å². The van der Waals surface area contributed by atoms with Crippen molar-refractivity contribution in [2.45, 2.75) is 10.9 Å². The van der Waals surface area contributed by atoms with Crippen molar-refractivity contribution in [1.29, 1.82) is 0 Å². The molecule has 5 rings (SSSR count). The first kappa shape index (κ1) is 19.3. The molecule has 2 aromatic carbocycles. The molecule has 0 aliphatic rings. The quantitative estimate of drug-likeness (QED) is 0.349. The van der Waals surface area contributed by atoms with Crippen LogP contribution in [0.1, 0.15) is 5.56 Å². The number of pyridine rings is 2. The summed E-state index contributed by atoms with van der Waals surface area (Å²) in [7, 11) is 1.66. The molecule has 0 atom stereocenters. The molecular formula is C24H19N5OS. The monoisotopic (exact) mass is 425 g/mol. The van der Waals surface area contributed by atoms with E-state index < -0.39 is 0 Å². The van der Waals surface area contributed by atoms with Gasteiger partial charge in [-0.15, -0.1) is 10.2 Å². The van der Waals surface area contributed by atoms with E-state index in [1.54, 1.807) is 31.3 Å². The van der Waals surface area contributed by atoms with E-state index in [1.165, 1.54) is 0 Å². The first-order valence-electron chi connectivity index (χ1n) is 9.79. The molecule has 0 saturated carbocycles. The Labute approximate surface area is 184 Å². The molecule has 0 aliphatic carbocycles. The normalized spacial score (nSPS) is 11.0. The predicted octanol–water partition coefficient (Wildman–Crippen LogP) is 5.18. The van der Waals surface area contributed by atoms with Crippen LogP contribution in [0.4, 0.5) is 0 Å². The van der Waals surface area contributed by atoms with Crippen molar-refractivity contribution in [3.63, 3.8) is 0 Å². The number of aromatic nitrogens is 5. The van der Waals surface area contributed by atoms with Crippen LogP contribution in [0.25, 0.3) is 28.0 Å². The average molecular weight is 426 g/mol. The molecule has 3 aromatic heterocycles. The molecule has 0 spiro atoms. The molecule has 0 unspecified atom stereocenters. The van der Waals surface area contributed by atoms with Gasteiger partial charge < -0.3 is 4.74 Å². The molecule has 3 heterocycles. The summed E-state index contributed by atoms with van der Waals surface area (Å²) in [4.78, 5) is 8.69. The van der Waals surface area contributed by atoms with E-state index in [-0.39, 0.29) is 0 Å². The van der Waals surface area contributed by atoms with Crippen LogP contribution in [-0.2, 0) is 5.75 Å². The molecule has 7 heteroatoms. The van der Waals surface area contributed by atoms with Crippen molar-refractivity contribution in [3.05, 3.63) is 90.9 Å². The van der Waals surface area contributed by atoms with Crippen LogP contribution in [0, 0.1) is 0 Å². The van der Waals surface area contributed by atoms with Crippen LogP contribution in [0.2, 0.25) is 0 Å². The van der Waals surface area contributed by atoms with Crippen LogP contribution < -0.4 is 4.74 Å². The first-order valence-corrected chi connectivity index (χ1v) is 10.8. The predicted molar refractivity (Wildman–Crippen MR) is 122 cm³/mol. The summed E-state index contributed by atoms with van der Waals surface area (Å²) >= 11 is 1.64. The minimum atomic E-state index is 0.735. The van der Waals surface area contributed by atoms with Gasteiger partial charge in [-0.25, -0.2) is 0 Å². The fourth-order valence-electron chi connectivity index (χ4n) is 3.44. The van der Waals surface area contributed by atoms with E-state index >= 15 is 0 Å². The number of nitrogens with zero attached hydrogens (tertiary/aromatic N) is 5. The number of ether oxygens (including phenoxy) is 1. The number of benzene rings is 2. The van der Waals surface area contributed by atoms with Gasteiger partial charge >= 0.3 is 0 Å². The topological polar surface area (TPSA) is 65.7 Å². The second-order valence-electron chi connectivity index (χ2n) is 6.86. The van der Waals surface area contributed by atoms with Gasteiger partial charge in [-0.1, -0.05) is 36.0 Å². The minimum absolute atomic E-state index is 0.735. The van der Waals surface area contributed by atoms with Gasteiger partial charge in [0, 0.05) is 41.0 Å². The van der Waals surface area contributed by atoms with Gasteiger partial charge in [0.25, 0.3) is 0 Å².